The summed E-state index contributed by atoms with van der Waals surface area (Å²) < 4.78 is 31.5. The Kier molecular flexibility index (Phi) is 6.72. The molecular weight excluding hydrogens is 449 g/mol. The average molecular weight is 475 g/mol. The minimum Gasteiger partial charge on any atom is -0.444 e. The number of alkyl halides is 2. The van der Waals surface area contributed by atoms with Crippen LogP contribution >= 0.6 is 23.2 Å². The summed E-state index contributed by atoms with van der Waals surface area (Å²) in [6.07, 6.45) is -1.80. The van der Waals surface area contributed by atoms with Gasteiger partial charge in [-0.2, -0.15) is 5.10 Å². The molecular formula is C21H26Cl2F2N4O2. The molecule has 0 spiro atoms. The van der Waals surface area contributed by atoms with Gasteiger partial charge in [-0.1, -0.05) is 23.2 Å². The Morgan fingerprint density at radius 1 is 1.29 bits per heavy atom. The predicted octanol–water partition coefficient (Wildman–Crippen LogP) is 6.20. The monoisotopic (exact) mass is 474 g/mol. The summed E-state index contributed by atoms with van der Waals surface area (Å²) >= 11 is 12.7. The fourth-order valence-corrected chi connectivity index (χ4v) is 3.95. The number of aromatic nitrogens is 2. The molecule has 1 aromatic carbocycles. The number of hydrogen-bond donors (Lipinski definition) is 2. The molecule has 1 amide bonds. The molecule has 0 radical (unpaired) electrons. The highest BCUT2D eigenvalue weighted by atomic mass is 35.5. The maximum Gasteiger partial charge on any atom is 0.408 e. The molecule has 1 fully saturated rings. The quantitative estimate of drug-likeness (QED) is 0.552. The molecule has 0 unspecified atom stereocenters. The van der Waals surface area contributed by atoms with Crippen LogP contribution in [0.3, 0.4) is 0 Å². The molecule has 10 heteroatoms. The summed E-state index contributed by atoms with van der Waals surface area (Å²) in [6, 6.07) is 4.77. The van der Waals surface area contributed by atoms with Crippen molar-refractivity contribution < 1.29 is 18.3 Å². The number of rotatable bonds is 4. The molecule has 0 aliphatic carbocycles. The van der Waals surface area contributed by atoms with E-state index >= 15 is 0 Å². The normalized spacial score (nSPS) is 16.5. The fraction of sp³-hybridized carbons (Fsp3) is 0.524. The van der Waals surface area contributed by atoms with Crippen molar-refractivity contribution in [1.29, 1.82) is 0 Å². The first-order valence-electron chi connectivity index (χ1n) is 9.96. The van der Waals surface area contributed by atoms with Gasteiger partial charge in [0.05, 0.1) is 15.7 Å². The highest BCUT2D eigenvalue weighted by Crippen LogP contribution is 2.42. The van der Waals surface area contributed by atoms with E-state index in [-0.39, 0.29) is 10.7 Å². The summed E-state index contributed by atoms with van der Waals surface area (Å²) in [7, 11) is 0. The number of benzene rings is 1. The third-order valence-electron chi connectivity index (χ3n) is 5.17. The van der Waals surface area contributed by atoms with Gasteiger partial charge in [0, 0.05) is 29.9 Å². The Hall–Kier alpha value is -2.06. The van der Waals surface area contributed by atoms with Gasteiger partial charge in [-0.25, -0.2) is 13.6 Å². The number of halogens is 4. The molecule has 0 bridgehead atoms. The largest absolute Gasteiger partial charge is 0.444 e. The Labute approximate surface area is 190 Å². The van der Waals surface area contributed by atoms with Gasteiger partial charge < -0.3 is 15.0 Å². The second kappa shape index (κ2) is 8.82. The molecule has 1 aliphatic rings. The molecule has 1 aromatic heterocycles. The number of carbonyl (C=O) groups excluding carboxylic acids is 1. The van der Waals surface area contributed by atoms with E-state index in [2.05, 4.69) is 20.4 Å². The lowest BCUT2D eigenvalue weighted by Crippen LogP contribution is -2.54. The molecule has 0 atom stereocenters. The molecule has 1 saturated heterocycles. The van der Waals surface area contributed by atoms with Gasteiger partial charge in [-0.3, -0.25) is 5.10 Å². The SMILES string of the molecule is CC1(NC(=O)OC(C)(C)C)CCN(c2ccc(Cl)c(Cl)c2-c2cc(C(F)F)[nH]n2)CC1. The van der Waals surface area contributed by atoms with E-state index < -0.39 is 23.7 Å². The Morgan fingerprint density at radius 2 is 1.94 bits per heavy atom. The summed E-state index contributed by atoms with van der Waals surface area (Å²) in [6.45, 7) is 8.66. The fourth-order valence-electron chi connectivity index (χ4n) is 3.54. The molecule has 2 aromatic rings. The Balaban J connectivity index is 1.80. The molecule has 2 N–H and O–H groups in total. The van der Waals surface area contributed by atoms with Gasteiger partial charge >= 0.3 is 6.09 Å². The van der Waals surface area contributed by atoms with E-state index in [9.17, 15) is 13.6 Å². The van der Waals surface area contributed by atoms with Crippen LogP contribution in [0.2, 0.25) is 10.0 Å². The number of piperidine rings is 1. The van der Waals surface area contributed by atoms with E-state index in [4.69, 9.17) is 27.9 Å². The zero-order valence-corrected chi connectivity index (χ0v) is 19.4. The van der Waals surface area contributed by atoms with Crippen LogP contribution in [0.15, 0.2) is 18.2 Å². The predicted molar refractivity (Wildman–Crippen MR) is 118 cm³/mol. The minimum absolute atomic E-state index is 0.256. The van der Waals surface area contributed by atoms with Crippen molar-refractivity contribution in [3.8, 4) is 11.3 Å². The van der Waals surface area contributed by atoms with Crippen LogP contribution < -0.4 is 10.2 Å². The molecule has 1 aliphatic heterocycles. The summed E-state index contributed by atoms with van der Waals surface area (Å²) in [5, 5.41) is 9.91. The van der Waals surface area contributed by atoms with Gasteiger partial charge in [0.2, 0.25) is 0 Å². The van der Waals surface area contributed by atoms with Gasteiger partial charge in [0.25, 0.3) is 6.43 Å². The lowest BCUT2D eigenvalue weighted by Gasteiger charge is -2.41. The lowest BCUT2D eigenvalue weighted by atomic mass is 9.89. The first-order chi connectivity index (χ1) is 14.4. The molecule has 6 nitrogen and oxygen atoms in total. The number of nitrogens with zero attached hydrogens (tertiary/aromatic N) is 2. The number of hydrogen-bond acceptors (Lipinski definition) is 4. The van der Waals surface area contributed by atoms with Crippen LogP contribution in [0.5, 0.6) is 0 Å². The number of anilines is 1. The first-order valence-corrected chi connectivity index (χ1v) is 10.7. The summed E-state index contributed by atoms with van der Waals surface area (Å²) in [5.74, 6) is 0. The first kappa shape index (κ1) is 23.6. The van der Waals surface area contributed by atoms with Gasteiger partial charge in [0.15, 0.2) is 0 Å². The maximum absolute atomic E-state index is 13.0. The third-order valence-corrected chi connectivity index (χ3v) is 5.98. The maximum atomic E-state index is 13.0. The molecule has 0 saturated carbocycles. The van der Waals surface area contributed by atoms with Crippen molar-refractivity contribution in [1.82, 2.24) is 15.5 Å². The summed E-state index contributed by atoms with van der Waals surface area (Å²) in [5.41, 5.74) is 0.270. The number of ether oxygens (including phenoxy) is 1. The highest BCUT2D eigenvalue weighted by Gasteiger charge is 2.34. The van der Waals surface area contributed by atoms with Crippen LogP contribution in [0.1, 0.15) is 52.7 Å². The van der Waals surface area contributed by atoms with Gasteiger partial charge in [-0.05, 0) is 58.7 Å². The number of alkyl carbamates (subject to hydrolysis) is 1. The van der Waals surface area contributed by atoms with Crippen LogP contribution in [-0.2, 0) is 4.74 Å². The van der Waals surface area contributed by atoms with E-state index in [0.29, 0.717) is 42.2 Å². The second-order valence-corrected chi connectivity index (χ2v) is 9.72. The highest BCUT2D eigenvalue weighted by molar-refractivity contribution is 6.44. The van der Waals surface area contributed by atoms with Crippen molar-refractivity contribution in [3.63, 3.8) is 0 Å². The standard InChI is InChI=1S/C21H26Cl2F2N4O2/c1-20(2,3)31-19(30)26-21(4)7-9-29(10-8-21)15-6-5-12(22)17(23)16(15)13-11-14(18(24)25)28-27-13/h5-6,11,18H,7-10H2,1-4H3,(H,26,30)(H,27,28). The molecule has 31 heavy (non-hydrogen) atoms. The van der Waals surface area contributed by atoms with Gasteiger partial charge in [-0.15, -0.1) is 0 Å². The smallest absolute Gasteiger partial charge is 0.408 e. The number of carbonyl (C=O) groups is 1. The zero-order valence-electron chi connectivity index (χ0n) is 17.9. The van der Waals surface area contributed by atoms with E-state index in [1.807, 2.05) is 33.8 Å². The van der Waals surface area contributed by atoms with Crippen LogP contribution in [0.4, 0.5) is 19.3 Å². The molecule has 2 heterocycles. The number of nitrogens with one attached hydrogen (secondary N) is 2. The second-order valence-electron chi connectivity index (χ2n) is 8.94. The third kappa shape index (κ3) is 5.60. The van der Waals surface area contributed by atoms with Crippen molar-refractivity contribution in [2.24, 2.45) is 0 Å². The average Bonchev–Trinajstić information content (AvgIpc) is 3.12. The summed E-state index contributed by atoms with van der Waals surface area (Å²) in [4.78, 5) is 14.3. The number of aromatic amines is 1. The number of amides is 1. The topological polar surface area (TPSA) is 70.2 Å². The van der Waals surface area contributed by atoms with Crippen LogP contribution in [-0.4, -0.2) is 40.5 Å². The number of H-pyrrole nitrogens is 1. The Bertz CT molecular complexity index is 951. The molecule has 170 valence electrons. The van der Waals surface area contributed by atoms with E-state index in [1.165, 1.54) is 6.07 Å². The van der Waals surface area contributed by atoms with Crippen molar-refractivity contribution in [2.75, 3.05) is 18.0 Å². The van der Waals surface area contributed by atoms with E-state index in [0.717, 1.165) is 5.69 Å². The van der Waals surface area contributed by atoms with Crippen LogP contribution in [0.25, 0.3) is 11.3 Å². The van der Waals surface area contributed by atoms with Gasteiger partial charge in [0.1, 0.15) is 11.3 Å². The minimum atomic E-state index is -2.67. The van der Waals surface area contributed by atoms with Crippen molar-refractivity contribution in [2.45, 2.75) is 58.1 Å². The molecule has 3 rings (SSSR count). The zero-order chi connectivity index (χ0) is 23.0. The lowest BCUT2D eigenvalue weighted by molar-refractivity contribution is 0.0448. The van der Waals surface area contributed by atoms with Crippen molar-refractivity contribution in [3.05, 3.63) is 33.9 Å². The van der Waals surface area contributed by atoms with Crippen LogP contribution in [0, 0.1) is 0 Å². The van der Waals surface area contributed by atoms with E-state index in [1.54, 1.807) is 6.07 Å². The Morgan fingerprint density at radius 3 is 2.48 bits per heavy atom. The van der Waals surface area contributed by atoms with Crippen molar-refractivity contribution >= 4 is 35.0 Å².